The lowest BCUT2D eigenvalue weighted by Gasteiger charge is -2.12. The number of sulfone groups is 1. The molecule has 17 heavy (non-hydrogen) atoms. The minimum atomic E-state index is -3.22. The molecule has 1 aromatic carbocycles. The van der Waals surface area contributed by atoms with Crippen LogP contribution < -0.4 is 4.74 Å². The van der Waals surface area contributed by atoms with Crippen LogP contribution in [0.3, 0.4) is 0 Å². The first-order chi connectivity index (χ1) is 7.79. The minimum Gasteiger partial charge on any atom is -0.490 e. The number of carbonyl (C=O) groups is 1. The molecule has 0 saturated carbocycles. The van der Waals surface area contributed by atoms with Gasteiger partial charge in [-0.15, -0.1) is 0 Å². The summed E-state index contributed by atoms with van der Waals surface area (Å²) < 4.78 is 27.7. The van der Waals surface area contributed by atoms with E-state index < -0.39 is 21.9 Å². The maximum Gasteiger partial charge on any atom is 0.307 e. The van der Waals surface area contributed by atoms with Crippen molar-refractivity contribution in [1.29, 1.82) is 0 Å². The van der Waals surface area contributed by atoms with Crippen LogP contribution in [0, 0.1) is 0 Å². The van der Waals surface area contributed by atoms with Gasteiger partial charge in [0.2, 0.25) is 0 Å². The highest BCUT2D eigenvalue weighted by Gasteiger charge is 2.10. The lowest BCUT2D eigenvalue weighted by atomic mass is 10.3. The lowest BCUT2D eigenvalue weighted by Crippen LogP contribution is -2.16. The molecule has 0 saturated heterocycles. The molecule has 1 rings (SSSR count). The molecular formula is C11H14O5S. The number of hydrogen-bond acceptors (Lipinski definition) is 4. The van der Waals surface area contributed by atoms with Crippen molar-refractivity contribution >= 4 is 15.8 Å². The summed E-state index contributed by atoms with van der Waals surface area (Å²) in [6.45, 7) is 1.64. The van der Waals surface area contributed by atoms with Crippen LogP contribution in [0.4, 0.5) is 0 Å². The van der Waals surface area contributed by atoms with Crippen LogP contribution in [0.25, 0.3) is 0 Å². The van der Waals surface area contributed by atoms with Crippen LogP contribution in [-0.4, -0.2) is 31.9 Å². The van der Waals surface area contributed by atoms with Crippen LogP contribution >= 0.6 is 0 Å². The second-order valence-corrected chi connectivity index (χ2v) is 5.79. The highest BCUT2D eigenvalue weighted by molar-refractivity contribution is 7.90. The van der Waals surface area contributed by atoms with Gasteiger partial charge >= 0.3 is 5.97 Å². The molecule has 0 spiro atoms. The van der Waals surface area contributed by atoms with E-state index in [2.05, 4.69) is 0 Å². The largest absolute Gasteiger partial charge is 0.490 e. The Hall–Kier alpha value is -1.56. The van der Waals surface area contributed by atoms with E-state index in [4.69, 9.17) is 9.84 Å². The molecule has 1 atom stereocenters. The molecule has 1 N–H and O–H groups in total. The van der Waals surface area contributed by atoms with Crippen LogP contribution in [-0.2, 0) is 14.6 Å². The predicted octanol–water partition coefficient (Wildman–Crippen LogP) is 1.33. The number of ether oxygens (including phenoxy) is 1. The summed E-state index contributed by atoms with van der Waals surface area (Å²) in [6.07, 6.45) is 0.556. The third-order valence-electron chi connectivity index (χ3n) is 2.05. The third kappa shape index (κ3) is 4.44. The number of hydrogen-bond donors (Lipinski definition) is 1. The molecule has 0 fully saturated rings. The molecule has 0 aliphatic heterocycles. The molecule has 0 radical (unpaired) electrons. The Morgan fingerprint density at radius 1 is 1.35 bits per heavy atom. The van der Waals surface area contributed by atoms with Gasteiger partial charge in [0, 0.05) is 6.26 Å². The summed E-state index contributed by atoms with van der Waals surface area (Å²) in [7, 11) is -3.22. The van der Waals surface area contributed by atoms with Gasteiger partial charge in [-0.25, -0.2) is 8.42 Å². The number of aliphatic carboxylic acids is 1. The molecule has 0 heterocycles. The molecular weight excluding hydrogens is 244 g/mol. The Balaban J connectivity index is 2.72. The number of rotatable bonds is 5. The first kappa shape index (κ1) is 13.5. The first-order valence-corrected chi connectivity index (χ1v) is 6.87. The Morgan fingerprint density at radius 3 is 2.29 bits per heavy atom. The SMILES string of the molecule is CC(CC(=O)O)Oc1ccc(S(C)(=O)=O)cc1. The molecule has 0 aliphatic carbocycles. The summed E-state index contributed by atoms with van der Waals surface area (Å²) in [4.78, 5) is 10.6. The second kappa shape index (κ2) is 5.18. The van der Waals surface area contributed by atoms with Gasteiger partial charge in [0.15, 0.2) is 9.84 Å². The zero-order valence-corrected chi connectivity index (χ0v) is 10.4. The molecule has 6 heteroatoms. The number of carboxylic acid groups (broad SMARTS) is 1. The van der Waals surface area contributed by atoms with E-state index >= 15 is 0 Å². The standard InChI is InChI=1S/C11H14O5S/c1-8(7-11(12)13)16-9-3-5-10(6-4-9)17(2,14)15/h3-6,8H,7H2,1-2H3,(H,12,13). The quantitative estimate of drug-likeness (QED) is 0.861. The lowest BCUT2D eigenvalue weighted by molar-refractivity contribution is -0.138. The monoisotopic (exact) mass is 258 g/mol. The highest BCUT2D eigenvalue weighted by Crippen LogP contribution is 2.17. The van der Waals surface area contributed by atoms with Crippen molar-refractivity contribution in [1.82, 2.24) is 0 Å². The molecule has 1 aromatic rings. The van der Waals surface area contributed by atoms with Crippen molar-refractivity contribution in [3.8, 4) is 5.75 Å². The van der Waals surface area contributed by atoms with Crippen LogP contribution in [0.2, 0.25) is 0 Å². The van der Waals surface area contributed by atoms with Gasteiger partial charge < -0.3 is 9.84 Å². The zero-order valence-electron chi connectivity index (χ0n) is 9.58. The molecule has 0 aliphatic rings. The van der Waals surface area contributed by atoms with Crippen molar-refractivity contribution in [2.24, 2.45) is 0 Å². The van der Waals surface area contributed by atoms with Crippen LogP contribution in [0.15, 0.2) is 29.2 Å². The third-order valence-corrected chi connectivity index (χ3v) is 3.18. The fourth-order valence-corrected chi connectivity index (χ4v) is 1.92. The van der Waals surface area contributed by atoms with Crippen molar-refractivity contribution in [2.45, 2.75) is 24.3 Å². The number of benzene rings is 1. The zero-order chi connectivity index (χ0) is 13.1. The summed E-state index contributed by atoms with van der Waals surface area (Å²) in [5.74, 6) is -0.489. The van der Waals surface area contributed by atoms with E-state index in [1.54, 1.807) is 6.92 Å². The van der Waals surface area contributed by atoms with Crippen molar-refractivity contribution < 1.29 is 23.1 Å². The van der Waals surface area contributed by atoms with Gasteiger partial charge in [-0.05, 0) is 31.2 Å². The predicted molar refractivity (Wildman–Crippen MR) is 61.9 cm³/mol. The molecule has 5 nitrogen and oxygen atoms in total. The topological polar surface area (TPSA) is 80.7 Å². The normalized spacial score (nSPS) is 13.1. The first-order valence-electron chi connectivity index (χ1n) is 4.97. The van der Waals surface area contributed by atoms with Crippen molar-refractivity contribution in [3.05, 3.63) is 24.3 Å². The maximum atomic E-state index is 11.2. The van der Waals surface area contributed by atoms with Gasteiger partial charge in [-0.1, -0.05) is 0 Å². The summed E-state index contributed by atoms with van der Waals surface area (Å²) in [6, 6.07) is 5.87. The van der Waals surface area contributed by atoms with Gasteiger partial charge in [-0.3, -0.25) is 4.79 Å². The van der Waals surface area contributed by atoms with Crippen LogP contribution in [0.1, 0.15) is 13.3 Å². The Morgan fingerprint density at radius 2 is 1.88 bits per heavy atom. The molecule has 0 aromatic heterocycles. The van der Waals surface area contributed by atoms with E-state index in [9.17, 15) is 13.2 Å². The Bertz CT molecular complexity index is 489. The fraction of sp³-hybridized carbons (Fsp3) is 0.364. The van der Waals surface area contributed by atoms with E-state index in [0.717, 1.165) is 6.26 Å². The van der Waals surface area contributed by atoms with E-state index in [1.807, 2.05) is 0 Å². The van der Waals surface area contributed by atoms with E-state index in [0.29, 0.717) is 5.75 Å². The van der Waals surface area contributed by atoms with Crippen molar-refractivity contribution in [2.75, 3.05) is 6.26 Å². The average molecular weight is 258 g/mol. The molecule has 1 unspecified atom stereocenters. The Labute approximate surface area is 100.0 Å². The summed E-state index contributed by atoms with van der Waals surface area (Å²) >= 11 is 0. The summed E-state index contributed by atoms with van der Waals surface area (Å²) in [5, 5.41) is 8.55. The molecule has 0 amide bonds. The minimum absolute atomic E-state index is 0.103. The fourth-order valence-electron chi connectivity index (χ4n) is 1.29. The van der Waals surface area contributed by atoms with Gasteiger partial charge in [0.1, 0.15) is 11.9 Å². The van der Waals surface area contributed by atoms with Gasteiger partial charge in [0.25, 0.3) is 0 Å². The molecule has 94 valence electrons. The van der Waals surface area contributed by atoms with Gasteiger partial charge in [0.05, 0.1) is 11.3 Å². The smallest absolute Gasteiger partial charge is 0.307 e. The summed E-state index contributed by atoms with van der Waals surface area (Å²) in [5.41, 5.74) is 0. The van der Waals surface area contributed by atoms with E-state index in [1.165, 1.54) is 24.3 Å². The average Bonchev–Trinajstić information content (AvgIpc) is 2.15. The second-order valence-electron chi connectivity index (χ2n) is 3.77. The van der Waals surface area contributed by atoms with Crippen molar-refractivity contribution in [3.63, 3.8) is 0 Å². The van der Waals surface area contributed by atoms with E-state index in [-0.39, 0.29) is 11.3 Å². The molecule has 0 bridgehead atoms. The van der Waals surface area contributed by atoms with Gasteiger partial charge in [-0.2, -0.15) is 0 Å². The highest BCUT2D eigenvalue weighted by atomic mass is 32.2. The van der Waals surface area contributed by atoms with Crippen LogP contribution in [0.5, 0.6) is 5.75 Å². The number of carboxylic acids is 1. The Kier molecular flexibility index (Phi) is 4.11. The maximum absolute atomic E-state index is 11.2.